The lowest BCUT2D eigenvalue weighted by atomic mass is 10.2. The van der Waals surface area contributed by atoms with Gasteiger partial charge >= 0.3 is 0 Å². The van der Waals surface area contributed by atoms with Crippen molar-refractivity contribution in [3.05, 3.63) is 0 Å². The molecule has 2 aliphatic carbocycles. The van der Waals surface area contributed by atoms with E-state index in [4.69, 9.17) is 11.1 Å². The van der Waals surface area contributed by atoms with Crippen molar-refractivity contribution in [3.8, 4) is 0 Å². The minimum Gasteiger partial charge on any atom is -0.387 e. The van der Waals surface area contributed by atoms with Gasteiger partial charge in [0.25, 0.3) is 0 Å². The summed E-state index contributed by atoms with van der Waals surface area (Å²) in [6.45, 7) is 0.0729. The molecule has 3 N–H and O–H groups in total. The zero-order chi connectivity index (χ0) is 11.8. The number of hydrogen-bond acceptors (Lipinski definition) is 3. The van der Waals surface area contributed by atoms with E-state index in [9.17, 15) is 8.42 Å². The molecule has 2 saturated carbocycles. The molecule has 16 heavy (non-hydrogen) atoms. The summed E-state index contributed by atoms with van der Waals surface area (Å²) in [7, 11) is -3.19. The van der Waals surface area contributed by atoms with Crippen molar-refractivity contribution in [2.45, 2.75) is 49.8 Å². The molecular weight excluding hydrogens is 226 g/mol. The molecule has 0 aromatic heterocycles. The van der Waals surface area contributed by atoms with E-state index in [1.807, 2.05) is 0 Å². The second-order valence-electron chi connectivity index (χ2n) is 4.75. The van der Waals surface area contributed by atoms with E-state index in [1.54, 1.807) is 0 Å². The third-order valence-corrected chi connectivity index (χ3v) is 5.73. The Balaban J connectivity index is 2.15. The molecule has 6 heteroatoms. The van der Waals surface area contributed by atoms with Gasteiger partial charge in [-0.15, -0.1) is 0 Å². The molecular formula is C10H19N3O2S. The summed E-state index contributed by atoms with van der Waals surface area (Å²) in [6, 6.07) is 0.0782. The lowest BCUT2D eigenvalue weighted by Gasteiger charge is -2.27. The number of nitrogens with zero attached hydrogens (tertiary/aromatic N) is 1. The minimum atomic E-state index is -3.19. The number of nitrogens with two attached hydrogens (primary N) is 1. The van der Waals surface area contributed by atoms with Gasteiger partial charge in [-0.3, -0.25) is 5.41 Å². The Morgan fingerprint density at radius 1 is 1.25 bits per heavy atom. The van der Waals surface area contributed by atoms with E-state index in [0.717, 1.165) is 38.5 Å². The molecule has 0 heterocycles. The molecule has 0 amide bonds. The lowest BCUT2D eigenvalue weighted by Crippen LogP contribution is -2.45. The maximum atomic E-state index is 12.2. The van der Waals surface area contributed by atoms with Gasteiger partial charge in [0.2, 0.25) is 10.0 Å². The zero-order valence-electron chi connectivity index (χ0n) is 9.35. The third-order valence-electron chi connectivity index (χ3n) is 3.33. The van der Waals surface area contributed by atoms with Gasteiger partial charge in [0, 0.05) is 6.04 Å². The molecule has 0 aliphatic heterocycles. The van der Waals surface area contributed by atoms with Gasteiger partial charge in [0.15, 0.2) is 0 Å². The maximum Gasteiger partial charge on any atom is 0.217 e. The first-order valence-electron chi connectivity index (χ1n) is 5.85. The smallest absolute Gasteiger partial charge is 0.217 e. The van der Waals surface area contributed by atoms with Crippen LogP contribution in [0.5, 0.6) is 0 Å². The molecule has 0 bridgehead atoms. The van der Waals surface area contributed by atoms with Crippen molar-refractivity contribution in [1.29, 1.82) is 5.41 Å². The number of hydrogen-bond donors (Lipinski definition) is 2. The Bertz CT molecular complexity index is 370. The third kappa shape index (κ3) is 2.38. The summed E-state index contributed by atoms with van der Waals surface area (Å²) < 4.78 is 25.9. The van der Waals surface area contributed by atoms with Gasteiger partial charge in [0.05, 0.1) is 11.8 Å². The van der Waals surface area contributed by atoms with Gasteiger partial charge in [-0.25, -0.2) is 8.42 Å². The summed E-state index contributed by atoms with van der Waals surface area (Å²) in [4.78, 5) is 0. The predicted octanol–water partition coefficient (Wildman–Crippen LogP) is 0.659. The zero-order valence-corrected chi connectivity index (χ0v) is 10.2. The fraction of sp³-hybridized carbons (Fsp3) is 0.900. The SMILES string of the molecule is N=C(N)CN(C1CCCC1)S(=O)(=O)C1CC1. The number of amidine groups is 1. The van der Waals surface area contributed by atoms with E-state index in [-0.39, 0.29) is 23.7 Å². The quantitative estimate of drug-likeness (QED) is 0.551. The first kappa shape index (κ1) is 11.9. The summed E-state index contributed by atoms with van der Waals surface area (Å²) in [5.74, 6) is -0.0591. The van der Waals surface area contributed by atoms with Crippen LogP contribution in [0, 0.1) is 5.41 Å². The largest absolute Gasteiger partial charge is 0.387 e. The fourth-order valence-corrected chi connectivity index (χ4v) is 4.40. The Morgan fingerprint density at radius 2 is 1.81 bits per heavy atom. The summed E-state index contributed by atoms with van der Waals surface area (Å²) in [5, 5.41) is 7.10. The van der Waals surface area contributed by atoms with E-state index in [1.165, 1.54) is 4.31 Å². The summed E-state index contributed by atoms with van der Waals surface area (Å²) >= 11 is 0. The van der Waals surface area contributed by atoms with Crippen LogP contribution in [0.3, 0.4) is 0 Å². The van der Waals surface area contributed by atoms with Gasteiger partial charge in [-0.05, 0) is 25.7 Å². The van der Waals surface area contributed by atoms with E-state index in [0.29, 0.717) is 0 Å². The van der Waals surface area contributed by atoms with E-state index in [2.05, 4.69) is 0 Å². The molecule has 0 unspecified atom stereocenters. The fourth-order valence-electron chi connectivity index (χ4n) is 2.34. The molecule has 0 atom stereocenters. The van der Waals surface area contributed by atoms with Crippen molar-refractivity contribution in [3.63, 3.8) is 0 Å². The Labute approximate surface area is 96.6 Å². The first-order valence-corrected chi connectivity index (χ1v) is 7.35. The van der Waals surface area contributed by atoms with Crippen LogP contribution in [0.15, 0.2) is 0 Å². The standard InChI is InChI=1S/C10H19N3O2S/c11-10(12)7-13(8-3-1-2-4-8)16(14,15)9-5-6-9/h8-9H,1-7H2,(H3,11,12). The predicted molar refractivity (Wildman–Crippen MR) is 62.8 cm³/mol. The topological polar surface area (TPSA) is 87.2 Å². The number of rotatable bonds is 5. The molecule has 5 nitrogen and oxygen atoms in total. The van der Waals surface area contributed by atoms with E-state index < -0.39 is 10.0 Å². The van der Waals surface area contributed by atoms with Crippen molar-refractivity contribution in [2.75, 3.05) is 6.54 Å². The van der Waals surface area contributed by atoms with Gasteiger partial charge < -0.3 is 5.73 Å². The molecule has 0 saturated heterocycles. The minimum absolute atomic E-state index is 0.0591. The molecule has 2 aliphatic rings. The highest BCUT2D eigenvalue weighted by molar-refractivity contribution is 7.90. The molecule has 0 radical (unpaired) electrons. The lowest BCUT2D eigenvalue weighted by molar-refractivity contribution is 0.353. The normalized spacial score (nSPS) is 22.8. The van der Waals surface area contributed by atoms with Crippen LogP contribution >= 0.6 is 0 Å². The van der Waals surface area contributed by atoms with Gasteiger partial charge in [-0.2, -0.15) is 4.31 Å². The van der Waals surface area contributed by atoms with Crippen LogP contribution in [0.4, 0.5) is 0 Å². The summed E-state index contributed by atoms with van der Waals surface area (Å²) in [6.07, 6.45) is 5.53. The Morgan fingerprint density at radius 3 is 2.25 bits per heavy atom. The second-order valence-corrected chi connectivity index (χ2v) is 6.92. The Hall–Kier alpha value is -0.620. The van der Waals surface area contributed by atoms with Crippen LogP contribution in [0.1, 0.15) is 38.5 Å². The van der Waals surface area contributed by atoms with Gasteiger partial charge in [-0.1, -0.05) is 12.8 Å². The van der Waals surface area contributed by atoms with Crippen LogP contribution in [-0.4, -0.2) is 36.4 Å². The average Bonchev–Trinajstić information content (AvgIpc) is 2.93. The van der Waals surface area contributed by atoms with Crippen LogP contribution in [0.2, 0.25) is 0 Å². The maximum absolute atomic E-state index is 12.2. The molecule has 92 valence electrons. The Kier molecular flexibility index (Phi) is 3.21. The van der Waals surface area contributed by atoms with Crippen molar-refractivity contribution in [2.24, 2.45) is 5.73 Å². The monoisotopic (exact) mass is 245 g/mol. The van der Waals surface area contributed by atoms with Crippen LogP contribution in [0.25, 0.3) is 0 Å². The molecule has 2 rings (SSSR count). The summed E-state index contributed by atoms with van der Waals surface area (Å²) in [5.41, 5.74) is 5.36. The molecule has 0 aromatic carbocycles. The molecule has 0 aromatic rings. The van der Waals surface area contributed by atoms with Crippen LogP contribution in [-0.2, 0) is 10.0 Å². The van der Waals surface area contributed by atoms with Crippen molar-refractivity contribution in [1.82, 2.24) is 4.31 Å². The second kappa shape index (κ2) is 4.33. The van der Waals surface area contributed by atoms with Gasteiger partial charge in [0.1, 0.15) is 5.84 Å². The van der Waals surface area contributed by atoms with E-state index >= 15 is 0 Å². The molecule has 2 fully saturated rings. The highest BCUT2D eigenvalue weighted by atomic mass is 32.2. The number of nitrogens with one attached hydrogen (secondary N) is 1. The molecule has 0 spiro atoms. The number of sulfonamides is 1. The first-order chi connectivity index (χ1) is 7.51. The average molecular weight is 245 g/mol. The van der Waals surface area contributed by atoms with Crippen molar-refractivity contribution >= 4 is 15.9 Å². The van der Waals surface area contributed by atoms with Crippen molar-refractivity contribution < 1.29 is 8.42 Å². The van der Waals surface area contributed by atoms with Crippen LogP contribution < -0.4 is 5.73 Å². The highest BCUT2D eigenvalue weighted by Gasteiger charge is 2.43. The highest BCUT2D eigenvalue weighted by Crippen LogP contribution is 2.35.